The highest BCUT2D eigenvalue weighted by Gasteiger charge is 2.13. The van der Waals surface area contributed by atoms with Gasteiger partial charge in [-0.15, -0.1) is 0 Å². The van der Waals surface area contributed by atoms with E-state index in [1.165, 1.54) is 6.20 Å². The average Bonchev–Trinajstić information content (AvgIpc) is 3.11. The van der Waals surface area contributed by atoms with Gasteiger partial charge in [0.25, 0.3) is 5.91 Å². The van der Waals surface area contributed by atoms with Gasteiger partial charge >= 0.3 is 0 Å². The summed E-state index contributed by atoms with van der Waals surface area (Å²) in [6, 6.07) is 7.20. The molecular weight excluding hydrogens is 444 g/mol. The molecule has 28 heavy (non-hydrogen) atoms. The highest BCUT2D eigenvalue weighted by atomic mass is 79.9. The largest absolute Gasteiger partial charge is 0.352 e. The molecule has 0 bridgehead atoms. The van der Waals surface area contributed by atoms with E-state index in [0.29, 0.717) is 40.0 Å². The molecule has 4 heterocycles. The first-order valence-corrected chi connectivity index (χ1v) is 9.64. The van der Waals surface area contributed by atoms with Gasteiger partial charge in [0.05, 0.1) is 21.8 Å². The number of fused-ring (bicyclic) bond motifs is 1. The molecule has 0 saturated heterocycles. The minimum Gasteiger partial charge on any atom is -0.352 e. The van der Waals surface area contributed by atoms with E-state index < -0.39 is 0 Å². The molecule has 0 aliphatic rings. The van der Waals surface area contributed by atoms with Gasteiger partial charge in [0.1, 0.15) is 5.69 Å². The average molecular weight is 458 g/mol. The molecule has 0 aromatic carbocycles. The summed E-state index contributed by atoms with van der Waals surface area (Å²) in [5.74, 6) is 0.417. The van der Waals surface area contributed by atoms with E-state index in [-0.39, 0.29) is 5.91 Å². The van der Waals surface area contributed by atoms with Crippen LogP contribution in [0.4, 0.5) is 0 Å². The molecule has 0 atom stereocenters. The van der Waals surface area contributed by atoms with Gasteiger partial charge in [-0.2, -0.15) is 0 Å². The van der Waals surface area contributed by atoms with E-state index in [1.54, 1.807) is 18.5 Å². The van der Waals surface area contributed by atoms with Gasteiger partial charge in [0.15, 0.2) is 11.5 Å². The lowest BCUT2D eigenvalue weighted by Gasteiger charge is -2.07. The molecule has 9 heteroatoms. The van der Waals surface area contributed by atoms with Crippen molar-refractivity contribution in [3.05, 3.63) is 57.9 Å². The number of hydrogen-bond acceptors (Lipinski definition) is 5. The Morgan fingerprint density at radius 1 is 1.18 bits per heavy atom. The van der Waals surface area contributed by atoms with Crippen LogP contribution in [0.25, 0.3) is 33.9 Å². The Balaban J connectivity index is 1.63. The predicted molar refractivity (Wildman–Crippen MR) is 111 cm³/mol. The maximum Gasteiger partial charge on any atom is 0.252 e. The number of carbonyl (C=O) groups excluding carboxylic acids is 1. The summed E-state index contributed by atoms with van der Waals surface area (Å²) in [6.45, 7) is 2.39. The van der Waals surface area contributed by atoms with Crippen LogP contribution in [-0.2, 0) is 0 Å². The molecular formula is C19H14BrClN6O. The molecule has 2 N–H and O–H groups in total. The number of rotatable bonds is 4. The number of aromatic nitrogens is 5. The number of pyridine rings is 3. The first kappa shape index (κ1) is 18.5. The van der Waals surface area contributed by atoms with Crippen LogP contribution in [0.5, 0.6) is 0 Å². The fraction of sp³-hybridized carbons (Fsp3) is 0.105. The summed E-state index contributed by atoms with van der Waals surface area (Å²) in [7, 11) is 0. The summed E-state index contributed by atoms with van der Waals surface area (Å²) < 4.78 is 0.871. The van der Waals surface area contributed by atoms with Crippen LogP contribution in [0.2, 0.25) is 5.02 Å². The summed E-state index contributed by atoms with van der Waals surface area (Å²) in [6.07, 6.45) is 4.87. The second-order valence-electron chi connectivity index (χ2n) is 5.96. The third-order valence-corrected chi connectivity index (χ3v) is 4.75. The van der Waals surface area contributed by atoms with Gasteiger partial charge in [-0.1, -0.05) is 11.6 Å². The van der Waals surface area contributed by atoms with Crippen molar-refractivity contribution in [3.63, 3.8) is 0 Å². The van der Waals surface area contributed by atoms with E-state index >= 15 is 0 Å². The SMILES string of the molecule is CCNC(=O)c1cnc(-c2ccc(-c3nc4ncc(Br)cc4[nH]3)nc2)c(Cl)c1. The number of amides is 1. The standard InChI is InChI=1S/C19H14BrClN6O/c1-2-22-19(28)11-5-13(21)16(24-8-11)10-3-4-14(23-7-10)18-26-15-6-12(20)9-25-17(15)27-18/h3-9H,2H2,1H3,(H,22,28)(H,25,26,27). The van der Waals surface area contributed by atoms with Crippen molar-refractivity contribution in [2.45, 2.75) is 6.92 Å². The molecule has 7 nitrogen and oxygen atoms in total. The summed E-state index contributed by atoms with van der Waals surface area (Å²) in [5.41, 5.74) is 3.84. The molecule has 1 amide bonds. The number of hydrogen-bond donors (Lipinski definition) is 2. The first-order valence-electron chi connectivity index (χ1n) is 8.47. The van der Waals surface area contributed by atoms with E-state index in [0.717, 1.165) is 15.6 Å². The lowest BCUT2D eigenvalue weighted by Crippen LogP contribution is -2.22. The van der Waals surface area contributed by atoms with Crippen LogP contribution in [-0.4, -0.2) is 37.4 Å². The number of nitrogens with zero attached hydrogens (tertiary/aromatic N) is 4. The maximum absolute atomic E-state index is 11.9. The molecule has 4 aromatic rings. The molecule has 0 radical (unpaired) electrons. The summed E-state index contributed by atoms with van der Waals surface area (Å²) in [5, 5.41) is 3.11. The Morgan fingerprint density at radius 2 is 2.04 bits per heavy atom. The molecule has 0 fully saturated rings. The molecule has 0 unspecified atom stereocenters. The van der Waals surface area contributed by atoms with Crippen molar-refractivity contribution in [1.29, 1.82) is 0 Å². The molecule has 0 saturated carbocycles. The Morgan fingerprint density at radius 3 is 2.75 bits per heavy atom. The molecule has 140 valence electrons. The van der Waals surface area contributed by atoms with E-state index in [2.05, 4.69) is 46.2 Å². The van der Waals surface area contributed by atoms with E-state index in [1.807, 2.05) is 25.1 Å². The van der Waals surface area contributed by atoms with Crippen molar-refractivity contribution in [2.24, 2.45) is 0 Å². The number of H-pyrrole nitrogens is 1. The van der Waals surface area contributed by atoms with E-state index in [9.17, 15) is 4.79 Å². The quantitative estimate of drug-likeness (QED) is 0.477. The fourth-order valence-corrected chi connectivity index (χ4v) is 3.31. The number of carbonyl (C=O) groups is 1. The molecule has 4 rings (SSSR count). The van der Waals surface area contributed by atoms with Crippen LogP contribution in [0.3, 0.4) is 0 Å². The Hall–Kier alpha value is -2.84. The molecule has 4 aromatic heterocycles. The van der Waals surface area contributed by atoms with Crippen LogP contribution in [0.15, 0.2) is 47.3 Å². The molecule has 0 aliphatic heterocycles. The van der Waals surface area contributed by atoms with Crippen LogP contribution < -0.4 is 5.32 Å². The van der Waals surface area contributed by atoms with Crippen LogP contribution >= 0.6 is 27.5 Å². The summed E-state index contributed by atoms with van der Waals surface area (Å²) >= 11 is 9.72. The topological polar surface area (TPSA) is 96.5 Å². The maximum atomic E-state index is 11.9. The highest BCUT2D eigenvalue weighted by molar-refractivity contribution is 9.10. The third kappa shape index (κ3) is 3.61. The normalized spacial score (nSPS) is 11.0. The second-order valence-corrected chi connectivity index (χ2v) is 7.28. The monoisotopic (exact) mass is 456 g/mol. The van der Waals surface area contributed by atoms with Crippen LogP contribution in [0, 0.1) is 0 Å². The zero-order valence-electron chi connectivity index (χ0n) is 14.7. The van der Waals surface area contributed by atoms with Gasteiger partial charge in [-0.25, -0.2) is 9.97 Å². The van der Waals surface area contributed by atoms with Crippen molar-refractivity contribution < 1.29 is 4.79 Å². The Kier molecular flexibility index (Phi) is 5.06. The van der Waals surface area contributed by atoms with Gasteiger partial charge in [0, 0.05) is 35.2 Å². The summed E-state index contributed by atoms with van der Waals surface area (Å²) in [4.78, 5) is 32.6. The van der Waals surface area contributed by atoms with Crippen LogP contribution in [0.1, 0.15) is 17.3 Å². The van der Waals surface area contributed by atoms with Crippen molar-refractivity contribution in [2.75, 3.05) is 6.54 Å². The molecule has 0 spiro atoms. The minimum atomic E-state index is -0.206. The van der Waals surface area contributed by atoms with Crippen molar-refractivity contribution >= 4 is 44.6 Å². The highest BCUT2D eigenvalue weighted by Crippen LogP contribution is 2.27. The number of aromatic amines is 1. The van der Waals surface area contributed by atoms with E-state index in [4.69, 9.17) is 11.6 Å². The number of halogens is 2. The zero-order valence-corrected chi connectivity index (χ0v) is 17.0. The lowest BCUT2D eigenvalue weighted by atomic mass is 10.1. The van der Waals surface area contributed by atoms with Gasteiger partial charge in [0.2, 0.25) is 0 Å². The Bertz CT molecular complexity index is 1170. The number of nitrogens with one attached hydrogen (secondary N) is 2. The fourth-order valence-electron chi connectivity index (χ4n) is 2.71. The lowest BCUT2D eigenvalue weighted by molar-refractivity contribution is 0.0955. The predicted octanol–water partition coefficient (Wildman–Crippen LogP) is 4.25. The molecule has 0 aliphatic carbocycles. The second kappa shape index (κ2) is 7.65. The van der Waals surface area contributed by atoms with Gasteiger partial charge in [-0.3, -0.25) is 14.8 Å². The smallest absolute Gasteiger partial charge is 0.252 e. The minimum absolute atomic E-state index is 0.206. The number of imidazole rings is 1. The van der Waals surface area contributed by atoms with Gasteiger partial charge in [-0.05, 0) is 47.1 Å². The van der Waals surface area contributed by atoms with Gasteiger partial charge < -0.3 is 10.3 Å². The van der Waals surface area contributed by atoms with Crippen molar-refractivity contribution in [1.82, 2.24) is 30.2 Å². The first-order chi connectivity index (χ1) is 13.5. The Labute approximate surface area is 173 Å². The third-order valence-electron chi connectivity index (χ3n) is 4.02. The van der Waals surface area contributed by atoms with Crippen molar-refractivity contribution in [3.8, 4) is 22.8 Å². The zero-order chi connectivity index (χ0) is 19.7.